The van der Waals surface area contributed by atoms with Gasteiger partial charge in [-0.3, -0.25) is 0 Å². The Balaban J connectivity index is 2.86. The second-order valence-corrected chi connectivity index (χ2v) is 4.55. The van der Waals surface area contributed by atoms with Crippen LogP contribution < -0.4 is 10.5 Å². The molecule has 0 aromatic heterocycles. The lowest BCUT2D eigenvalue weighted by Crippen LogP contribution is -2.15. The maximum atomic E-state index is 5.95. The highest BCUT2D eigenvalue weighted by Gasteiger charge is 2.11. The van der Waals surface area contributed by atoms with Crippen LogP contribution in [0.4, 0.5) is 0 Å². The fourth-order valence-corrected chi connectivity index (χ4v) is 1.81. The predicted molar refractivity (Wildman–Crippen MR) is 68.8 cm³/mol. The summed E-state index contributed by atoms with van der Waals surface area (Å²) in [7, 11) is 0. The number of hydrogen-bond donors (Lipinski definition) is 1. The van der Waals surface area contributed by atoms with Gasteiger partial charge in [0, 0.05) is 11.6 Å². The largest absolute Gasteiger partial charge is 0.490 e. The van der Waals surface area contributed by atoms with Crippen molar-refractivity contribution in [1.29, 1.82) is 0 Å². The molecule has 90 valence electrons. The number of ether oxygens (including phenoxy) is 1. The van der Waals surface area contributed by atoms with Gasteiger partial charge < -0.3 is 10.5 Å². The highest BCUT2D eigenvalue weighted by atomic mass is 16.5. The molecule has 0 bridgehead atoms. The van der Waals surface area contributed by atoms with E-state index in [1.54, 1.807) is 0 Å². The van der Waals surface area contributed by atoms with E-state index >= 15 is 0 Å². The van der Waals surface area contributed by atoms with E-state index in [2.05, 4.69) is 32.9 Å². The molecular weight excluding hydrogens is 198 g/mol. The first kappa shape index (κ1) is 13.0. The van der Waals surface area contributed by atoms with Gasteiger partial charge in [-0.25, -0.2) is 0 Å². The Morgan fingerprint density at radius 1 is 1.31 bits per heavy atom. The standard InChI is InChI=1S/C14H23NO/c1-5-6-11(3)16-14-8-7-10(2)9-13(14)12(4)15/h7-9,11-12H,5-6,15H2,1-4H3/t11?,12-/m1/s1. The van der Waals surface area contributed by atoms with E-state index in [4.69, 9.17) is 10.5 Å². The van der Waals surface area contributed by atoms with Crippen LogP contribution >= 0.6 is 0 Å². The minimum Gasteiger partial charge on any atom is -0.490 e. The lowest BCUT2D eigenvalue weighted by atomic mass is 10.0. The summed E-state index contributed by atoms with van der Waals surface area (Å²) in [4.78, 5) is 0. The van der Waals surface area contributed by atoms with E-state index in [-0.39, 0.29) is 12.1 Å². The molecule has 0 radical (unpaired) electrons. The van der Waals surface area contributed by atoms with Gasteiger partial charge in [0.05, 0.1) is 6.10 Å². The quantitative estimate of drug-likeness (QED) is 0.824. The normalized spacial score (nSPS) is 14.6. The van der Waals surface area contributed by atoms with E-state index in [1.807, 2.05) is 13.0 Å². The van der Waals surface area contributed by atoms with Crippen molar-refractivity contribution in [2.45, 2.75) is 52.7 Å². The fraction of sp³-hybridized carbons (Fsp3) is 0.571. The molecule has 0 aliphatic heterocycles. The first-order valence-electron chi connectivity index (χ1n) is 6.07. The summed E-state index contributed by atoms with van der Waals surface area (Å²) >= 11 is 0. The summed E-state index contributed by atoms with van der Waals surface area (Å²) in [5, 5.41) is 0. The highest BCUT2D eigenvalue weighted by molar-refractivity contribution is 5.38. The molecule has 0 amide bonds. The van der Waals surface area contributed by atoms with Crippen LogP contribution in [0.25, 0.3) is 0 Å². The van der Waals surface area contributed by atoms with E-state index in [0.717, 1.165) is 24.2 Å². The smallest absolute Gasteiger partial charge is 0.124 e. The molecule has 0 aliphatic carbocycles. The third kappa shape index (κ3) is 3.53. The Labute approximate surface area is 98.8 Å². The molecule has 0 aliphatic rings. The molecule has 0 heterocycles. The lowest BCUT2D eigenvalue weighted by molar-refractivity contribution is 0.207. The van der Waals surface area contributed by atoms with Gasteiger partial charge in [-0.1, -0.05) is 31.0 Å². The van der Waals surface area contributed by atoms with Crippen molar-refractivity contribution in [2.24, 2.45) is 5.73 Å². The maximum Gasteiger partial charge on any atom is 0.124 e. The molecular formula is C14H23NO. The number of nitrogens with two attached hydrogens (primary N) is 1. The Morgan fingerprint density at radius 2 is 2.00 bits per heavy atom. The molecule has 2 atom stereocenters. The van der Waals surface area contributed by atoms with Gasteiger partial charge in [0.25, 0.3) is 0 Å². The van der Waals surface area contributed by atoms with Crippen molar-refractivity contribution in [1.82, 2.24) is 0 Å². The molecule has 0 saturated carbocycles. The summed E-state index contributed by atoms with van der Waals surface area (Å²) in [6, 6.07) is 6.22. The van der Waals surface area contributed by atoms with Crippen molar-refractivity contribution >= 4 is 0 Å². The van der Waals surface area contributed by atoms with E-state index < -0.39 is 0 Å². The van der Waals surface area contributed by atoms with Crippen LogP contribution in [0.1, 0.15) is 50.8 Å². The zero-order valence-corrected chi connectivity index (χ0v) is 10.8. The minimum absolute atomic E-state index is 0.0173. The number of hydrogen-bond acceptors (Lipinski definition) is 2. The van der Waals surface area contributed by atoms with Gasteiger partial charge in [0.1, 0.15) is 5.75 Å². The molecule has 0 fully saturated rings. The number of rotatable bonds is 5. The SMILES string of the molecule is CCCC(C)Oc1ccc(C)cc1[C@@H](C)N. The molecule has 16 heavy (non-hydrogen) atoms. The van der Waals surface area contributed by atoms with E-state index in [0.29, 0.717) is 0 Å². The third-order valence-electron chi connectivity index (χ3n) is 2.68. The summed E-state index contributed by atoms with van der Waals surface area (Å²) in [6.45, 7) is 8.34. The van der Waals surface area contributed by atoms with Crippen LogP contribution in [-0.4, -0.2) is 6.10 Å². The topological polar surface area (TPSA) is 35.2 Å². The van der Waals surface area contributed by atoms with Crippen LogP contribution in [0.2, 0.25) is 0 Å². The average Bonchev–Trinajstić information content (AvgIpc) is 2.20. The second kappa shape index (κ2) is 5.90. The summed E-state index contributed by atoms with van der Waals surface area (Å²) in [5.41, 5.74) is 8.28. The highest BCUT2D eigenvalue weighted by Crippen LogP contribution is 2.26. The second-order valence-electron chi connectivity index (χ2n) is 4.55. The Kier molecular flexibility index (Phi) is 4.81. The van der Waals surface area contributed by atoms with E-state index in [9.17, 15) is 0 Å². The fourth-order valence-electron chi connectivity index (χ4n) is 1.81. The van der Waals surface area contributed by atoms with Crippen molar-refractivity contribution in [3.8, 4) is 5.75 Å². The Morgan fingerprint density at radius 3 is 2.56 bits per heavy atom. The monoisotopic (exact) mass is 221 g/mol. The zero-order chi connectivity index (χ0) is 12.1. The molecule has 1 aromatic carbocycles. The average molecular weight is 221 g/mol. The molecule has 2 heteroatoms. The third-order valence-corrected chi connectivity index (χ3v) is 2.68. The predicted octanol–water partition coefficient (Wildman–Crippen LogP) is 3.58. The molecule has 0 spiro atoms. The molecule has 1 rings (SSSR count). The van der Waals surface area contributed by atoms with Crippen molar-refractivity contribution in [2.75, 3.05) is 0 Å². The van der Waals surface area contributed by atoms with Crippen LogP contribution in [0.15, 0.2) is 18.2 Å². The van der Waals surface area contributed by atoms with Crippen LogP contribution in [0, 0.1) is 6.92 Å². The molecule has 2 nitrogen and oxygen atoms in total. The summed E-state index contributed by atoms with van der Waals surface area (Å²) in [5.74, 6) is 0.932. The van der Waals surface area contributed by atoms with Gasteiger partial charge in [-0.15, -0.1) is 0 Å². The van der Waals surface area contributed by atoms with E-state index in [1.165, 1.54) is 5.56 Å². The van der Waals surface area contributed by atoms with Gasteiger partial charge in [0.2, 0.25) is 0 Å². The molecule has 1 aromatic rings. The van der Waals surface area contributed by atoms with Crippen LogP contribution in [0.5, 0.6) is 5.75 Å². The Bertz CT molecular complexity index is 334. The summed E-state index contributed by atoms with van der Waals surface area (Å²) in [6.07, 6.45) is 2.47. The number of benzene rings is 1. The molecule has 2 N–H and O–H groups in total. The Hall–Kier alpha value is -1.02. The lowest BCUT2D eigenvalue weighted by Gasteiger charge is -2.19. The number of aryl methyl sites for hydroxylation is 1. The van der Waals surface area contributed by atoms with Crippen molar-refractivity contribution in [3.63, 3.8) is 0 Å². The van der Waals surface area contributed by atoms with Gasteiger partial charge in [-0.05, 0) is 33.3 Å². The molecule has 1 unspecified atom stereocenters. The van der Waals surface area contributed by atoms with Gasteiger partial charge >= 0.3 is 0 Å². The summed E-state index contributed by atoms with van der Waals surface area (Å²) < 4.78 is 5.92. The van der Waals surface area contributed by atoms with Gasteiger partial charge in [0.15, 0.2) is 0 Å². The molecule has 0 saturated heterocycles. The maximum absolute atomic E-state index is 5.95. The van der Waals surface area contributed by atoms with Crippen LogP contribution in [0.3, 0.4) is 0 Å². The van der Waals surface area contributed by atoms with Crippen LogP contribution in [-0.2, 0) is 0 Å². The van der Waals surface area contributed by atoms with Crippen molar-refractivity contribution in [3.05, 3.63) is 29.3 Å². The minimum atomic E-state index is 0.0173. The first-order chi connectivity index (χ1) is 7.54. The van der Waals surface area contributed by atoms with Gasteiger partial charge in [-0.2, -0.15) is 0 Å². The van der Waals surface area contributed by atoms with Crippen molar-refractivity contribution < 1.29 is 4.74 Å². The zero-order valence-electron chi connectivity index (χ0n) is 10.8. The first-order valence-corrected chi connectivity index (χ1v) is 6.07.